The SMILES string of the molecule is O=S(=O)(Nc1cc(Sc2nnnn2-c2ccccc2)c(O)c2ccccc12)c1ccc(F)cc1. The summed E-state index contributed by atoms with van der Waals surface area (Å²) in [5.74, 6) is -0.572. The Balaban J connectivity index is 1.58. The van der Waals surface area contributed by atoms with Crippen LogP contribution in [0.3, 0.4) is 0 Å². The quantitative estimate of drug-likeness (QED) is 0.332. The van der Waals surface area contributed by atoms with E-state index in [-0.39, 0.29) is 16.3 Å². The average Bonchev–Trinajstić information content (AvgIpc) is 3.31. The van der Waals surface area contributed by atoms with Crippen LogP contribution in [0.1, 0.15) is 0 Å². The molecule has 34 heavy (non-hydrogen) atoms. The Kier molecular flexibility index (Phi) is 5.64. The minimum Gasteiger partial charge on any atom is -0.506 e. The van der Waals surface area contributed by atoms with Crippen LogP contribution in [0.4, 0.5) is 10.1 Å². The van der Waals surface area contributed by atoms with E-state index in [2.05, 4.69) is 20.2 Å². The summed E-state index contributed by atoms with van der Waals surface area (Å²) in [4.78, 5) is 0.260. The van der Waals surface area contributed by atoms with Gasteiger partial charge in [-0.3, -0.25) is 4.72 Å². The van der Waals surface area contributed by atoms with E-state index < -0.39 is 15.8 Å². The van der Waals surface area contributed by atoms with Crippen molar-refractivity contribution in [2.24, 2.45) is 0 Å². The van der Waals surface area contributed by atoms with Crippen LogP contribution < -0.4 is 4.72 Å². The lowest BCUT2D eigenvalue weighted by atomic mass is 10.1. The molecule has 0 radical (unpaired) electrons. The van der Waals surface area contributed by atoms with Crippen molar-refractivity contribution in [3.8, 4) is 11.4 Å². The minimum absolute atomic E-state index is 0.0343. The van der Waals surface area contributed by atoms with Gasteiger partial charge in [0.25, 0.3) is 10.0 Å². The third-order valence-electron chi connectivity index (χ3n) is 4.99. The minimum atomic E-state index is -4.02. The van der Waals surface area contributed by atoms with Crippen molar-refractivity contribution >= 4 is 38.2 Å². The number of hydrogen-bond donors (Lipinski definition) is 2. The van der Waals surface area contributed by atoms with Gasteiger partial charge in [0.05, 0.1) is 21.2 Å². The van der Waals surface area contributed by atoms with Gasteiger partial charge in [0.2, 0.25) is 5.16 Å². The van der Waals surface area contributed by atoms with E-state index in [9.17, 15) is 17.9 Å². The first kappa shape index (κ1) is 21.9. The number of halogens is 1. The van der Waals surface area contributed by atoms with Crippen molar-refractivity contribution in [1.29, 1.82) is 0 Å². The number of nitrogens with zero attached hydrogens (tertiary/aromatic N) is 4. The molecule has 5 aromatic rings. The van der Waals surface area contributed by atoms with Crippen LogP contribution in [0.5, 0.6) is 5.75 Å². The summed E-state index contributed by atoms with van der Waals surface area (Å²) in [5, 5.41) is 24.1. The maximum absolute atomic E-state index is 13.3. The number of sulfonamides is 1. The molecule has 1 aromatic heterocycles. The van der Waals surface area contributed by atoms with Gasteiger partial charge in [-0.1, -0.05) is 42.5 Å². The van der Waals surface area contributed by atoms with Crippen LogP contribution in [-0.4, -0.2) is 33.7 Å². The number of tetrazole rings is 1. The summed E-state index contributed by atoms with van der Waals surface area (Å²) < 4.78 is 43.3. The first-order chi connectivity index (χ1) is 16.4. The zero-order valence-electron chi connectivity index (χ0n) is 17.3. The van der Waals surface area contributed by atoms with Crippen LogP contribution in [0.15, 0.2) is 99.9 Å². The van der Waals surface area contributed by atoms with E-state index in [1.165, 1.54) is 22.9 Å². The number of aromatic hydroxyl groups is 1. The molecule has 2 N–H and O–H groups in total. The van der Waals surface area contributed by atoms with Crippen molar-refractivity contribution in [3.05, 3.63) is 90.7 Å². The van der Waals surface area contributed by atoms with Gasteiger partial charge >= 0.3 is 0 Å². The van der Waals surface area contributed by atoms with Crippen LogP contribution >= 0.6 is 11.8 Å². The molecule has 0 fully saturated rings. The Bertz CT molecular complexity index is 1590. The Morgan fingerprint density at radius 2 is 1.59 bits per heavy atom. The fourth-order valence-electron chi connectivity index (χ4n) is 3.39. The number of benzene rings is 4. The third kappa shape index (κ3) is 4.18. The van der Waals surface area contributed by atoms with E-state index in [0.717, 1.165) is 29.6 Å². The molecule has 0 aliphatic heterocycles. The summed E-state index contributed by atoms with van der Waals surface area (Å²) in [6.45, 7) is 0. The van der Waals surface area contributed by atoms with Crippen molar-refractivity contribution in [2.75, 3.05) is 4.72 Å². The van der Waals surface area contributed by atoms with Crippen LogP contribution in [-0.2, 0) is 10.0 Å². The molecule has 0 atom stereocenters. The highest BCUT2D eigenvalue weighted by atomic mass is 32.2. The van der Waals surface area contributed by atoms with Gasteiger partial charge in [-0.15, -0.1) is 5.10 Å². The largest absolute Gasteiger partial charge is 0.506 e. The molecule has 0 aliphatic rings. The lowest BCUT2D eigenvalue weighted by molar-refractivity contribution is 0.469. The second-order valence-corrected chi connectivity index (χ2v) is 9.88. The Labute approximate surface area is 198 Å². The fourth-order valence-corrected chi connectivity index (χ4v) is 5.34. The molecule has 0 saturated carbocycles. The normalized spacial score (nSPS) is 11.6. The van der Waals surface area contributed by atoms with Gasteiger partial charge in [-0.25, -0.2) is 12.8 Å². The van der Waals surface area contributed by atoms with Gasteiger partial charge in [-0.2, -0.15) is 4.68 Å². The van der Waals surface area contributed by atoms with Crippen molar-refractivity contribution in [3.63, 3.8) is 0 Å². The van der Waals surface area contributed by atoms with E-state index in [1.54, 1.807) is 24.3 Å². The number of hydrogen-bond acceptors (Lipinski definition) is 7. The Hall–Kier alpha value is -3.96. The maximum Gasteiger partial charge on any atom is 0.261 e. The number of anilines is 1. The molecule has 0 bridgehead atoms. The lowest BCUT2D eigenvalue weighted by Gasteiger charge is -2.15. The second kappa shape index (κ2) is 8.76. The molecule has 1 heterocycles. The zero-order chi connectivity index (χ0) is 23.7. The Morgan fingerprint density at radius 1 is 0.912 bits per heavy atom. The molecule has 0 saturated heterocycles. The molecular weight excluding hydrogens is 477 g/mol. The predicted octanol–water partition coefficient (Wildman–Crippen LogP) is 4.61. The molecule has 5 rings (SSSR count). The molecule has 0 unspecified atom stereocenters. The van der Waals surface area contributed by atoms with Crippen LogP contribution in [0.2, 0.25) is 0 Å². The average molecular weight is 494 g/mol. The van der Waals surface area contributed by atoms with Gasteiger partial charge in [-0.05, 0) is 64.7 Å². The predicted molar refractivity (Wildman–Crippen MR) is 126 cm³/mol. The van der Waals surface area contributed by atoms with Crippen molar-refractivity contribution in [2.45, 2.75) is 14.9 Å². The van der Waals surface area contributed by atoms with Gasteiger partial charge in [0.1, 0.15) is 11.6 Å². The number of nitrogens with one attached hydrogen (secondary N) is 1. The topological polar surface area (TPSA) is 110 Å². The van der Waals surface area contributed by atoms with Gasteiger partial charge in [0.15, 0.2) is 0 Å². The first-order valence-electron chi connectivity index (χ1n) is 9.97. The lowest BCUT2D eigenvalue weighted by Crippen LogP contribution is -2.13. The number of rotatable bonds is 6. The summed E-state index contributed by atoms with van der Waals surface area (Å²) in [6, 6.07) is 22.1. The molecule has 170 valence electrons. The molecule has 4 aromatic carbocycles. The first-order valence-corrected chi connectivity index (χ1v) is 12.3. The van der Waals surface area contributed by atoms with E-state index >= 15 is 0 Å². The molecule has 0 aliphatic carbocycles. The standard InChI is InChI=1S/C23H16FN5O3S2/c24-15-10-12-17(13-11-15)34(31,32)26-20-14-21(22(30)19-9-5-4-8-18(19)20)33-23-25-27-28-29(23)16-6-2-1-3-7-16/h1-14,26,30H. The number of para-hydroxylation sites is 1. The van der Waals surface area contributed by atoms with Crippen molar-refractivity contribution in [1.82, 2.24) is 20.2 Å². The molecule has 11 heteroatoms. The number of phenolic OH excluding ortho intramolecular Hbond substituents is 1. The summed E-state index contributed by atoms with van der Waals surface area (Å²) in [6.07, 6.45) is 0. The monoisotopic (exact) mass is 493 g/mol. The fraction of sp³-hybridized carbons (Fsp3) is 0. The van der Waals surface area contributed by atoms with Gasteiger partial charge in [0, 0.05) is 10.8 Å². The number of phenols is 1. The van der Waals surface area contributed by atoms with Crippen LogP contribution in [0.25, 0.3) is 16.5 Å². The second-order valence-electron chi connectivity index (χ2n) is 7.19. The number of fused-ring (bicyclic) bond motifs is 1. The summed E-state index contributed by atoms with van der Waals surface area (Å²) >= 11 is 1.09. The summed E-state index contributed by atoms with van der Waals surface area (Å²) in [7, 11) is -4.02. The molecule has 8 nitrogen and oxygen atoms in total. The maximum atomic E-state index is 13.3. The number of aromatic nitrogens is 4. The van der Waals surface area contributed by atoms with E-state index in [1.807, 2.05) is 30.3 Å². The zero-order valence-corrected chi connectivity index (χ0v) is 19.0. The third-order valence-corrected chi connectivity index (χ3v) is 7.34. The Morgan fingerprint density at radius 3 is 2.32 bits per heavy atom. The molecule has 0 amide bonds. The highest BCUT2D eigenvalue weighted by Crippen LogP contribution is 2.42. The van der Waals surface area contributed by atoms with Crippen molar-refractivity contribution < 1.29 is 17.9 Å². The van der Waals surface area contributed by atoms with E-state index in [4.69, 9.17) is 0 Å². The highest BCUT2D eigenvalue weighted by Gasteiger charge is 2.20. The summed E-state index contributed by atoms with van der Waals surface area (Å²) in [5.41, 5.74) is 0.978. The van der Waals surface area contributed by atoms with Crippen LogP contribution in [0, 0.1) is 5.82 Å². The van der Waals surface area contributed by atoms with E-state index in [0.29, 0.717) is 20.8 Å². The van der Waals surface area contributed by atoms with Gasteiger partial charge < -0.3 is 5.11 Å². The molecular formula is C23H16FN5O3S2. The smallest absolute Gasteiger partial charge is 0.261 e. The highest BCUT2D eigenvalue weighted by molar-refractivity contribution is 7.99. The molecule has 0 spiro atoms.